The molecule has 3 N–H and O–H groups in total. The number of rotatable bonds is 3. The summed E-state index contributed by atoms with van der Waals surface area (Å²) in [5.41, 5.74) is 7.07. The van der Waals surface area contributed by atoms with Crippen LogP contribution in [-0.4, -0.2) is 20.5 Å². The molecule has 0 aliphatic carbocycles. The number of benzene rings is 2. The zero-order chi connectivity index (χ0) is 19.0. The molecule has 4 rings (SSSR count). The molecule has 0 saturated heterocycles. The number of nitrogen functional groups attached to an aromatic ring is 1. The SMILES string of the molecule is Cc1ccc(C(=O)NN)cc1-c1ccn2c(-c3ccccc3Cl)nnc2c1. The molecule has 0 radical (unpaired) electrons. The fraction of sp³-hybridized carbons (Fsp3) is 0.0500. The number of fused-ring (bicyclic) bond motifs is 1. The third kappa shape index (κ3) is 3.05. The van der Waals surface area contributed by atoms with Gasteiger partial charge in [0, 0.05) is 17.3 Å². The normalized spacial score (nSPS) is 10.9. The van der Waals surface area contributed by atoms with E-state index in [0.29, 0.717) is 22.1 Å². The quantitative estimate of drug-likeness (QED) is 0.324. The van der Waals surface area contributed by atoms with Gasteiger partial charge < -0.3 is 0 Å². The molecule has 0 atom stereocenters. The lowest BCUT2D eigenvalue weighted by atomic mass is 9.98. The van der Waals surface area contributed by atoms with Crippen molar-refractivity contribution in [3.8, 4) is 22.5 Å². The van der Waals surface area contributed by atoms with E-state index in [2.05, 4.69) is 15.6 Å². The first-order valence-corrected chi connectivity index (χ1v) is 8.68. The van der Waals surface area contributed by atoms with E-state index in [1.54, 1.807) is 6.07 Å². The van der Waals surface area contributed by atoms with Crippen LogP contribution in [0.25, 0.3) is 28.2 Å². The highest BCUT2D eigenvalue weighted by molar-refractivity contribution is 6.33. The van der Waals surface area contributed by atoms with E-state index >= 15 is 0 Å². The van der Waals surface area contributed by atoms with Gasteiger partial charge in [-0.1, -0.05) is 29.8 Å². The summed E-state index contributed by atoms with van der Waals surface area (Å²) in [4.78, 5) is 11.8. The number of aryl methyl sites for hydroxylation is 1. The largest absolute Gasteiger partial charge is 0.290 e. The van der Waals surface area contributed by atoms with Crippen molar-refractivity contribution in [3.63, 3.8) is 0 Å². The molecule has 0 spiro atoms. The van der Waals surface area contributed by atoms with E-state index in [1.807, 2.05) is 66.1 Å². The second-order valence-corrected chi connectivity index (χ2v) is 6.56. The predicted molar refractivity (Wildman–Crippen MR) is 105 cm³/mol. The predicted octanol–water partition coefficient (Wildman–Crippen LogP) is 3.63. The van der Waals surface area contributed by atoms with Crippen LogP contribution in [0.2, 0.25) is 5.02 Å². The van der Waals surface area contributed by atoms with Crippen LogP contribution in [-0.2, 0) is 0 Å². The van der Waals surface area contributed by atoms with Gasteiger partial charge in [0.1, 0.15) is 0 Å². The van der Waals surface area contributed by atoms with Crippen molar-refractivity contribution in [2.75, 3.05) is 0 Å². The van der Waals surface area contributed by atoms with E-state index in [9.17, 15) is 4.79 Å². The van der Waals surface area contributed by atoms with Gasteiger partial charge in [0.05, 0.1) is 5.02 Å². The van der Waals surface area contributed by atoms with Crippen molar-refractivity contribution in [3.05, 3.63) is 76.9 Å². The zero-order valence-electron chi connectivity index (χ0n) is 14.5. The number of hydrazine groups is 1. The van der Waals surface area contributed by atoms with Gasteiger partial charge in [-0.15, -0.1) is 10.2 Å². The molecule has 7 heteroatoms. The number of halogens is 1. The molecular formula is C20H16ClN5O. The number of hydrogen-bond donors (Lipinski definition) is 2. The number of nitrogens with two attached hydrogens (primary N) is 1. The standard InChI is InChI=1S/C20H16ClN5O/c1-12-6-7-14(20(27)23-22)10-16(12)13-8-9-26-18(11-13)24-25-19(26)15-4-2-3-5-17(15)21/h2-11H,22H2,1H3,(H,23,27). The minimum atomic E-state index is -0.333. The van der Waals surface area contributed by atoms with Crippen molar-refractivity contribution < 1.29 is 4.79 Å². The lowest BCUT2D eigenvalue weighted by Crippen LogP contribution is -2.29. The monoisotopic (exact) mass is 377 g/mol. The van der Waals surface area contributed by atoms with E-state index in [-0.39, 0.29) is 5.91 Å². The highest BCUT2D eigenvalue weighted by Crippen LogP contribution is 2.29. The van der Waals surface area contributed by atoms with Gasteiger partial charge in [-0.3, -0.25) is 14.6 Å². The van der Waals surface area contributed by atoms with Gasteiger partial charge in [0.15, 0.2) is 11.5 Å². The van der Waals surface area contributed by atoms with Crippen molar-refractivity contribution in [1.82, 2.24) is 20.0 Å². The van der Waals surface area contributed by atoms with Crippen LogP contribution in [0.5, 0.6) is 0 Å². The van der Waals surface area contributed by atoms with Crippen molar-refractivity contribution >= 4 is 23.2 Å². The third-order valence-electron chi connectivity index (χ3n) is 4.47. The first-order chi connectivity index (χ1) is 13.1. The Morgan fingerprint density at radius 2 is 1.89 bits per heavy atom. The lowest BCUT2D eigenvalue weighted by Gasteiger charge is -2.09. The van der Waals surface area contributed by atoms with Crippen LogP contribution < -0.4 is 11.3 Å². The number of amides is 1. The van der Waals surface area contributed by atoms with Gasteiger partial charge in [-0.25, -0.2) is 5.84 Å². The summed E-state index contributed by atoms with van der Waals surface area (Å²) < 4.78 is 1.89. The average Bonchev–Trinajstić information content (AvgIpc) is 3.11. The second-order valence-electron chi connectivity index (χ2n) is 6.15. The molecule has 2 heterocycles. The number of carbonyl (C=O) groups is 1. The lowest BCUT2D eigenvalue weighted by molar-refractivity contribution is 0.0953. The summed E-state index contributed by atoms with van der Waals surface area (Å²) in [7, 11) is 0. The van der Waals surface area contributed by atoms with Crippen LogP contribution >= 0.6 is 11.6 Å². The molecule has 134 valence electrons. The van der Waals surface area contributed by atoms with E-state index < -0.39 is 0 Å². The van der Waals surface area contributed by atoms with Crippen LogP contribution in [0.15, 0.2) is 60.8 Å². The Morgan fingerprint density at radius 1 is 1.07 bits per heavy atom. The maximum atomic E-state index is 11.8. The Hall–Kier alpha value is -3.22. The Kier molecular flexibility index (Phi) is 4.35. The maximum absolute atomic E-state index is 11.8. The zero-order valence-corrected chi connectivity index (χ0v) is 15.2. The fourth-order valence-corrected chi connectivity index (χ4v) is 3.26. The summed E-state index contributed by atoms with van der Waals surface area (Å²) in [5, 5.41) is 9.19. The van der Waals surface area contributed by atoms with Crippen LogP contribution in [0.4, 0.5) is 0 Å². The van der Waals surface area contributed by atoms with E-state index in [1.165, 1.54) is 0 Å². The van der Waals surface area contributed by atoms with Gasteiger partial charge in [-0.05, 0) is 60.0 Å². The van der Waals surface area contributed by atoms with E-state index in [0.717, 1.165) is 22.3 Å². The Morgan fingerprint density at radius 3 is 2.67 bits per heavy atom. The van der Waals surface area contributed by atoms with Crippen molar-refractivity contribution in [1.29, 1.82) is 0 Å². The topological polar surface area (TPSA) is 85.3 Å². The van der Waals surface area contributed by atoms with Crippen molar-refractivity contribution in [2.45, 2.75) is 6.92 Å². The molecule has 0 saturated carbocycles. The molecule has 1 amide bonds. The maximum Gasteiger partial charge on any atom is 0.265 e. The molecule has 6 nitrogen and oxygen atoms in total. The van der Waals surface area contributed by atoms with Crippen LogP contribution in [0.3, 0.4) is 0 Å². The fourth-order valence-electron chi connectivity index (χ4n) is 3.04. The molecule has 0 aliphatic heterocycles. The molecule has 0 bridgehead atoms. The molecule has 2 aromatic heterocycles. The molecule has 0 fully saturated rings. The van der Waals surface area contributed by atoms with Gasteiger partial charge in [0.25, 0.3) is 5.91 Å². The molecule has 0 unspecified atom stereocenters. The number of nitrogens with zero attached hydrogens (tertiary/aromatic N) is 3. The summed E-state index contributed by atoms with van der Waals surface area (Å²) >= 11 is 6.30. The number of aromatic nitrogens is 3. The van der Waals surface area contributed by atoms with Gasteiger partial charge in [-0.2, -0.15) is 0 Å². The average molecular weight is 378 g/mol. The highest BCUT2D eigenvalue weighted by atomic mass is 35.5. The Labute approximate surface area is 160 Å². The van der Waals surface area contributed by atoms with Crippen molar-refractivity contribution in [2.24, 2.45) is 5.84 Å². The molecule has 4 aromatic rings. The number of carbonyl (C=O) groups excluding carboxylic acids is 1. The van der Waals surface area contributed by atoms with E-state index in [4.69, 9.17) is 17.4 Å². The minimum Gasteiger partial charge on any atom is -0.290 e. The molecule has 0 aliphatic rings. The van der Waals surface area contributed by atoms with Gasteiger partial charge >= 0.3 is 0 Å². The number of nitrogens with one attached hydrogen (secondary N) is 1. The minimum absolute atomic E-state index is 0.333. The summed E-state index contributed by atoms with van der Waals surface area (Å²) in [6.45, 7) is 1.99. The number of pyridine rings is 1. The highest BCUT2D eigenvalue weighted by Gasteiger charge is 2.13. The molecular weight excluding hydrogens is 362 g/mol. The summed E-state index contributed by atoms with van der Waals surface area (Å²) in [6, 6.07) is 16.9. The number of hydrogen-bond acceptors (Lipinski definition) is 4. The first kappa shape index (κ1) is 17.2. The van der Waals surface area contributed by atoms with Gasteiger partial charge in [0.2, 0.25) is 0 Å². The summed E-state index contributed by atoms with van der Waals surface area (Å²) in [6.07, 6.45) is 1.90. The second kappa shape index (κ2) is 6.83. The summed E-state index contributed by atoms with van der Waals surface area (Å²) in [5.74, 6) is 5.59. The Balaban J connectivity index is 1.82. The third-order valence-corrected chi connectivity index (χ3v) is 4.80. The van der Waals surface area contributed by atoms with Crippen LogP contribution in [0.1, 0.15) is 15.9 Å². The molecule has 2 aromatic carbocycles. The molecule has 27 heavy (non-hydrogen) atoms. The first-order valence-electron chi connectivity index (χ1n) is 8.30. The van der Waals surface area contributed by atoms with Crippen LogP contribution in [0, 0.1) is 6.92 Å². The Bertz CT molecular complexity index is 1170. The smallest absolute Gasteiger partial charge is 0.265 e.